The van der Waals surface area contributed by atoms with Gasteiger partial charge in [0.25, 0.3) is 0 Å². The van der Waals surface area contributed by atoms with E-state index in [2.05, 4.69) is 40.9 Å². The zero-order chi connectivity index (χ0) is 28.8. The van der Waals surface area contributed by atoms with E-state index in [9.17, 15) is 18.7 Å². The minimum atomic E-state index is -1.41. The van der Waals surface area contributed by atoms with Gasteiger partial charge < -0.3 is 20.1 Å². The largest absolute Gasteiger partial charge is 0.383 e. The van der Waals surface area contributed by atoms with Gasteiger partial charge in [0.05, 0.1) is 31.1 Å². The number of benzene rings is 1. The molecule has 0 radical (unpaired) electrons. The minimum absolute atomic E-state index is 0.0422. The number of aliphatic hydroxyl groups is 1. The van der Waals surface area contributed by atoms with Gasteiger partial charge in [0.2, 0.25) is 5.91 Å². The molecular weight excluding hydrogens is 516 g/mol. The summed E-state index contributed by atoms with van der Waals surface area (Å²) in [5, 5.41) is 14.5. The number of rotatable bonds is 6. The maximum atomic E-state index is 14.4. The lowest BCUT2D eigenvalue weighted by molar-refractivity contribution is -0.121. The lowest BCUT2D eigenvalue weighted by atomic mass is 9.90. The molecule has 2 saturated heterocycles. The number of aliphatic hydroxyl groups excluding tert-OH is 1. The van der Waals surface area contributed by atoms with E-state index in [1.54, 1.807) is 11.0 Å². The molecule has 3 aliphatic heterocycles. The molecule has 218 valence electrons. The summed E-state index contributed by atoms with van der Waals surface area (Å²) in [5.41, 5.74) is 1.10. The molecule has 2 N–H and O–H groups in total. The van der Waals surface area contributed by atoms with Crippen molar-refractivity contribution in [1.29, 1.82) is 0 Å². The molecule has 5 atom stereocenters. The van der Waals surface area contributed by atoms with Gasteiger partial charge in [-0.15, -0.1) is 0 Å². The van der Waals surface area contributed by atoms with Crippen LogP contribution in [0.5, 0.6) is 0 Å². The van der Waals surface area contributed by atoms with Gasteiger partial charge in [-0.1, -0.05) is 13.8 Å². The van der Waals surface area contributed by atoms with Crippen molar-refractivity contribution in [3.63, 3.8) is 0 Å². The first-order valence-electron chi connectivity index (χ1n) is 14.2. The van der Waals surface area contributed by atoms with Crippen LogP contribution >= 0.6 is 0 Å². The second-order valence-electron chi connectivity index (χ2n) is 12.4. The van der Waals surface area contributed by atoms with Crippen molar-refractivity contribution in [2.45, 2.75) is 70.3 Å². The van der Waals surface area contributed by atoms with Gasteiger partial charge in [-0.25, -0.2) is 8.78 Å². The van der Waals surface area contributed by atoms with Crippen LogP contribution in [-0.2, 0) is 14.9 Å². The summed E-state index contributed by atoms with van der Waals surface area (Å²) in [6, 6.07) is 5.74. The zero-order valence-corrected chi connectivity index (χ0v) is 24.0. The molecule has 3 aliphatic rings. The first-order valence-corrected chi connectivity index (χ1v) is 14.2. The molecule has 0 spiro atoms. The normalized spacial score (nSPS) is 27.9. The Hall–Kier alpha value is -2.50. The lowest BCUT2D eigenvalue weighted by Gasteiger charge is -2.46. The summed E-state index contributed by atoms with van der Waals surface area (Å²) in [6.45, 7) is 15.1. The van der Waals surface area contributed by atoms with Crippen molar-refractivity contribution in [2.75, 3.05) is 50.8 Å². The molecule has 1 amide bonds. The Morgan fingerprint density at radius 2 is 1.93 bits per heavy atom. The van der Waals surface area contributed by atoms with Gasteiger partial charge in [0, 0.05) is 73.1 Å². The van der Waals surface area contributed by atoms with E-state index >= 15 is 0 Å². The summed E-state index contributed by atoms with van der Waals surface area (Å²) in [4.78, 5) is 25.0. The molecule has 0 aliphatic carbocycles. The maximum Gasteiger partial charge on any atom is 0.241 e. The highest BCUT2D eigenvalue weighted by Crippen LogP contribution is 2.41. The summed E-state index contributed by atoms with van der Waals surface area (Å²) in [6.07, 6.45) is 0.0764. The fourth-order valence-corrected chi connectivity index (χ4v) is 6.33. The van der Waals surface area contributed by atoms with Crippen LogP contribution < -0.4 is 10.2 Å². The van der Waals surface area contributed by atoms with E-state index < -0.39 is 23.2 Å². The molecule has 40 heavy (non-hydrogen) atoms. The molecule has 1 unspecified atom stereocenters. The fraction of sp³-hybridized carbons (Fsp3) is 0.600. The van der Waals surface area contributed by atoms with Crippen LogP contribution in [0.3, 0.4) is 0 Å². The number of carbonyl (C=O) groups excluding carboxylic acids is 1. The SMILES string of the molecule is C[C@@H]1CN(CC(=O)N2CC(C)(C)c3ncc(C(O)c4cc(F)ccc4F)cc32)[C@@H](CN2[C@H](C)COC[C@H]2C)CN1. The molecule has 2 fully saturated rings. The summed E-state index contributed by atoms with van der Waals surface area (Å²) < 4.78 is 34.0. The molecule has 0 saturated carbocycles. The number of amides is 1. The molecule has 5 rings (SSSR count). The third kappa shape index (κ3) is 5.78. The molecule has 10 heteroatoms. The van der Waals surface area contributed by atoms with E-state index in [0.29, 0.717) is 43.1 Å². The van der Waals surface area contributed by atoms with E-state index in [1.165, 1.54) is 6.20 Å². The number of fused-ring (bicyclic) bond motifs is 1. The number of piperazine rings is 1. The molecule has 1 aromatic carbocycles. The number of carbonyl (C=O) groups is 1. The van der Waals surface area contributed by atoms with Crippen molar-refractivity contribution in [1.82, 2.24) is 20.1 Å². The van der Waals surface area contributed by atoms with Gasteiger partial charge in [-0.3, -0.25) is 19.6 Å². The van der Waals surface area contributed by atoms with Crippen molar-refractivity contribution in [3.8, 4) is 0 Å². The topological polar surface area (TPSA) is 81.2 Å². The predicted octanol–water partition coefficient (Wildman–Crippen LogP) is 2.84. The number of hydrogen-bond acceptors (Lipinski definition) is 7. The second kappa shape index (κ2) is 11.4. The molecule has 4 heterocycles. The van der Waals surface area contributed by atoms with Gasteiger partial charge in [-0.05, 0) is 45.0 Å². The number of nitrogens with one attached hydrogen (secondary N) is 1. The van der Waals surface area contributed by atoms with Crippen LogP contribution in [0.15, 0.2) is 30.5 Å². The zero-order valence-electron chi connectivity index (χ0n) is 24.0. The number of anilines is 1. The quantitative estimate of drug-likeness (QED) is 0.566. The van der Waals surface area contributed by atoms with Crippen molar-refractivity contribution >= 4 is 11.6 Å². The highest BCUT2D eigenvalue weighted by Gasteiger charge is 2.41. The van der Waals surface area contributed by atoms with Gasteiger partial charge >= 0.3 is 0 Å². The number of morpholine rings is 1. The standard InChI is InChI=1S/C30H41F2N5O3/c1-18-12-35(23(11-33-18)13-36-19(2)15-40-16-20(36)3)14-27(38)37-17-30(4,5)29-26(37)8-21(10-34-29)28(39)24-9-22(31)6-7-25(24)32/h6-10,18-20,23,28,33,39H,11-17H2,1-5H3/t18-,19-,20-,23-,28?/m1/s1. The maximum absolute atomic E-state index is 14.4. The van der Waals surface area contributed by atoms with E-state index in [4.69, 9.17) is 4.74 Å². The summed E-state index contributed by atoms with van der Waals surface area (Å²) in [7, 11) is 0. The third-order valence-electron chi connectivity index (χ3n) is 8.58. The Balaban J connectivity index is 1.38. The van der Waals surface area contributed by atoms with Crippen LogP contribution in [0.25, 0.3) is 0 Å². The highest BCUT2D eigenvalue weighted by atomic mass is 19.1. The molecule has 8 nitrogen and oxygen atoms in total. The highest BCUT2D eigenvalue weighted by molar-refractivity contribution is 5.97. The molecule has 0 bridgehead atoms. The lowest BCUT2D eigenvalue weighted by Crippen LogP contribution is -2.63. The van der Waals surface area contributed by atoms with Gasteiger partial charge in [-0.2, -0.15) is 0 Å². The van der Waals surface area contributed by atoms with Crippen molar-refractivity contribution in [3.05, 3.63) is 58.9 Å². The molecule has 1 aromatic heterocycles. The first-order chi connectivity index (χ1) is 18.9. The summed E-state index contributed by atoms with van der Waals surface area (Å²) in [5.74, 6) is -1.38. The Morgan fingerprint density at radius 3 is 2.65 bits per heavy atom. The fourth-order valence-electron chi connectivity index (χ4n) is 6.33. The summed E-state index contributed by atoms with van der Waals surface area (Å²) >= 11 is 0. The van der Waals surface area contributed by atoms with E-state index in [-0.39, 0.29) is 30.1 Å². The predicted molar refractivity (Wildman–Crippen MR) is 149 cm³/mol. The van der Waals surface area contributed by atoms with E-state index in [0.717, 1.165) is 43.5 Å². The Morgan fingerprint density at radius 1 is 1.20 bits per heavy atom. The average molecular weight is 558 g/mol. The van der Waals surface area contributed by atoms with Crippen LogP contribution in [0.2, 0.25) is 0 Å². The monoisotopic (exact) mass is 557 g/mol. The van der Waals surface area contributed by atoms with E-state index in [1.807, 2.05) is 13.8 Å². The second-order valence-corrected chi connectivity index (χ2v) is 12.4. The Kier molecular flexibility index (Phi) is 8.27. The number of pyridine rings is 1. The van der Waals surface area contributed by atoms with Gasteiger partial charge in [0.1, 0.15) is 17.7 Å². The number of aromatic nitrogens is 1. The number of halogens is 2. The van der Waals surface area contributed by atoms with Gasteiger partial charge in [0.15, 0.2) is 0 Å². The van der Waals surface area contributed by atoms with Crippen LogP contribution in [0.1, 0.15) is 57.5 Å². The van der Waals surface area contributed by atoms with Crippen LogP contribution in [0, 0.1) is 11.6 Å². The number of ether oxygens (including phenoxy) is 1. The minimum Gasteiger partial charge on any atom is -0.383 e. The Labute approximate surface area is 235 Å². The average Bonchev–Trinajstić information content (AvgIpc) is 3.18. The first kappa shape index (κ1) is 29.0. The Bertz CT molecular complexity index is 1230. The van der Waals surface area contributed by atoms with Crippen LogP contribution in [-0.4, -0.2) is 95.9 Å². The molecule has 2 aromatic rings. The van der Waals surface area contributed by atoms with Crippen molar-refractivity contribution in [2.24, 2.45) is 0 Å². The van der Waals surface area contributed by atoms with Crippen LogP contribution in [0.4, 0.5) is 14.5 Å². The smallest absolute Gasteiger partial charge is 0.241 e. The van der Waals surface area contributed by atoms with Crippen molar-refractivity contribution < 1.29 is 23.4 Å². The third-order valence-corrected chi connectivity index (χ3v) is 8.58. The number of hydrogen-bond donors (Lipinski definition) is 2. The number of nitrogens with zero attached hydrogens (tertiary/aromatic N) is 4. The molecular formula is C30H41F2N5O3.